The predicted octanol–water partition coefficient (Wildman–Crippen LogP) is 6.65. The number of nitrogens with zero attached hydrogens (tertiary/aromatic N) is 2. The highest BCUT2D eigenvalue weighted by molar-refractivity contribution is 6.09. The van der Waals surface area contributed by atoms with E-state index < -0.39 is 0 Å². The number of hydrogen-bond donors (Lipinski definition) is 1. The Bertz CT molecular complexity index is 1340. The summed E-state index contributed by atoms with van der Waals surface area (Å²) in [6.45, 7) is 9.06. The zero-order chi connectivity index (χ0) is 26.5. The standard InChI is InChI=1S/C32H35N3O3/c1-23(2)24-9-11-25(12-10-24)31-29(7-4-8-30(31)37-3)32(36)33-26-13-15-27(16-14-26)35-19-17-34(18-20-35)22-28-6-5-21-38-28/h4-16,21,23H,17-20,22H2,1-3H3,(H,33,36). The van der Waals surface area contributed by atoms with E-state index in [1.165, 1.54) is 5.56 Å². The molecule has 6 heteroatoms. The SMILES string of the molecule is COc1cccc(C(=O)Nc2ccc(N3CCN(Cc4ccco4)CC3)cc2)c1-c1ccc(C(C)C)cc1. The lowest BCUT2D eigenvalue weighted by Gasteiger charge is -2.35. The van der Waals surface area contributed by atoms with Gasteiger partial charge in [0, 0.05) is 43.1 Å². The number of methoxy groups -OCH3 is 1. The van der Waals surface area contributed by atoms with Crippen molar-refractivity contribution in [1.29, 1.82) is 0 Å². The highest BCUT2D eigenvalue weighted by Gasteiger charge is 2.20. The van der Waals surface area contributed by atoms with E-state index in [-0.39, 0.29) is 5.91 Å². The van der Waals surface area contributed by atoms with E-state index in [2.05, 4.69) is 65.4 Å². The fraction of sp³-hybridized carbons (Fsp3) is 0.281. The van der Waals surface area contributed by atoms with Crippen molar-refractivity contribution in [1.82, 2.24) is 4.90 Å². The van der Waals surface area contributed by atoms with Crippen LogP contribution in [0.25, 0.3) is 11.1 Å². The topological polar surface area (TPSA) is 58.0 Å². The first-order chi connectivity index (χ1) is 18.5. The molecule has 0 atom stereocenters. The summed E-state index contributed by atoms with van der Waals surface area (Å²) in [6, 6.07) is 26.0. The van der Waals surface area contributed by atoms with Crippen LogP contribution in [0.15, 0.2) is 89.5 Å². The van der Waals surface area contributed by atoms with Gasteiger partial charge in [-0.25, -0.2) is 0 Å². The smallest absolute Gasteiger partial charge is 0.256 e. The number of furan rings is 1. The Labute approximate surface area is 224 Å². The van der Waals surface area contributed by atoms with Gasteiger partial charge >= 0.3 is 0 Å². The van der Waals surface area contributed by atoms with Crippen molar-refractivity contribution in [2.24, 2.45) is 0 Å². The van der Waals surface area contributed by atoms with E-state index in [1.807, 2.05) is 42.5 Å². The number of hydrogen-bond acceptors (Lipinski definition) is 5. The largest absolute Gasteiger partial charge is 0.496 e. The molecular weight excluding hydrogens is 474 g/mol. The Morgan fingerprint density at radius 2 is 1.66 bits per heavy atom. The Hall–Kier alpha value is -4.03. The summed E-state index contributed by atoms with van der Waals surface area (Å²) in [5.41, 5.74) is 5.52. The van der Waals surface area contributed by atoms with Crippen LogP contribution in [0.1, 0.15) is 41.4 Å². The minimum Gasteiger partial charge on any atom is -0.496 e. The summed E-state index contributed by atoms with van der Waals surface area (Å²) in [5, 5.41) is 3.08. The Morgan fingerprint density at radius 3 is 2.29 bits per heavy atom. The van der Waals surface area contributed by atoms with E-state index in [0.717, 1.165) is 61.0 Å². The highest BCUT2D eigenvalue weighted by atomic mass is 16.5. The summed E-state index contributed by atoms with van der Waals surface area (Å²) in [4.78, 5) is 18.2. The maximum absolute atomic E-state index is 13.4. The summed E-state index contributed by atoms with van der Waals surface area (Å²) in [5.74, 6) is 1.96. The lowest BCUT2D eigenvalue weighted by atomic mass is 9.95. The van der Waals surface area contributed by atoms with Crippen molar-refractivity contribution in [2.75, 3.05) is 43.5 Å². The second-order valence-electron chi connectivity index (χ2n) is 10.0. The summed E-state index contributed by atoms with van der Waals surface area (Å²) < 4.78 is 11.1. The molecule has 0 aliphatic carbocycles. The molecule has 5 rings (SSSR count). The number of carbonyl (C=O) groups excluding carboxylic acids is 1. The molecule has 0 bridgehead atoms. The maximum Gasteiger partial charge on any atom is 0.256 e. The molecule has 196 valence electrons. The average molecular weight is 510 g/mol. The summed E-state index contributed by atoms with van der Waals surface area (Å²) in [6.07, 6.45) is 1.73. The van der Waals surface area contributed by atoms with Gasteiger partial charge in [0.25, 0.3) is 5.91 Å². The monoisotopic (exact) mass is 509 g/mol. The molecule has 0 spiro atoms. The second kappa shape index (κ2) is 11.6. The number of ether oxygens (including phenoxy) is 1. The number of benzene rings is 3. The molecule has 4 aromatic rings. The number of piperazine rings is 1. The first kappa shape index (κ1) is 25.6. The quantitative estimate of drug-likeness (QED) is 0.288. The van der Waals surface area contributed by atoms with Crippen LogP contribution < -0.4 is 15.0 Å². The van der Waals surface area contributed by atoms with E-state index in [4.69, 9.17) is 9.15 Å². The van der Waals surface area contributed by atoms with Gasteiger partial charge in [0.1, 0.15) is 11.5 Å². The predicted molar refractivity (Wildman–Crippen MR) is 153 cm³/mol. The Morgan fingerprint density at radius 1 is 0.921 bits per heavy atom. The van der Waals surface area contributed by atoms with Crippen LogP contribution in [-0.4, -0.2) is 44.1 Å². The van der Waals surface area contributed by atoms with Gasteiger partial charge in [-0.15, -0.1) is 0 Å². The minimum absolute atomic E-state index is 0.161. The van der Waals surface area contributed by atoms with Crippen LogP contribution in [0.5, 0.6) is 5.75 Å². The van der Waals surface area contributed by atoms with Crippen molar-refractivity contribution in [3.8, 4) is 16.9 Å². The molecule has 1 aliphatic rings. The van der Waals surface area contributed by atoms with Crippen molar-refractivity contribution >= 4 is 17.3 Å². The lowest BCUT2D eigenvalue weighted by Crippen LogP contribution is -2.45. The van der Waals surface area contributed by atoms with Gasteiger partial charge in [0.05, 0.1) is 25.5 Å². The van der Waals surface area contributed by atoms with Gasteiger partial charge in [0.15, 0.2) is 0 Å². The molecule has 0 saturated carbocycles. The van der Waals surface area contributed by atoms with Crippen molar-refractivity contribution in [2.45, 2.75) is 26.3 Å². The van der Waals surface area contributed by atoms with Crippen molar-refractivity contribution in [3.05, 3.63) is 102 Å². The number of nitrogens with one attached hydrogen (secondary N) is 1. The van der Waals surface area contributed by atoms with Crippen LogP contribution >= 0.6 is 0 Å². The summed E-state index contributed by atoms with van der Waals surface area (Å²) in [7, 11) is 1.64. The zero-order valence-corrected chi connectivity index (χ0v) is 22.3. The zero-order valence-electron chi connectivity index (χ0n) is 22.3. The molecule has 2 heterocycles. The van der Waals surface area contributed by atoms with Crippen LogP contribution in [0.4, 0.5) is 11.4 Å². The molecule has 1 amide bonds. The first-order valence-electron chi connectivity index (χ1n) is 13.2. The van der Waals surface area contributed by atoms with E-state index in [9.17, 15) is 4.79 Å². The van der Waals surface area contributed by atoms with Gasteiger partial charge in [-0.05, 0) is 65.6 Å². The third kappa shape index (κ3) is 5.76. The van der Waals surface area contributed by atoms with Gasteiger partial charge in [0.2, 0.25) is 0 Å². The number of rotatable bonds is 8. The molecule has 1 aliphatic heterocycles. The fourth-order valence-electron chi connectivity index (χ4n) is 4.96. The van der Waals surface area contributed by atoms with Gasteiger partial charge in [-0.1, -0.05) is 44.2 Å². The van der Waals surface area contributed by atoms with E-state index in [0.29, 0.717) is 17.2 Å². The third-order valence-corrected chi connectivity index (χ3v) is 7.18. The fourth-order valence-corrected chi connectivity index (χ4v) is 4.96. The molecule has 0 radical (unpaired) electrons. The number of anilines is 2. The van der Waals surface area contributed by atoms with Crippen LogP contribution in [0.2, 0.25) is 0 Å². The molecule has 6 nitrogen and oxygen atoms in total. The van der Waals surface area contributed by atoms with Gasteiger partial charge < -0.3 is 19.4 Å². The molecule has 3 aromatic carbocycles. The average Bonchev–Trinajstić information content (AvgIpc) is 3.46. The van der Waals surface area contributed by atoms with E-state index in [1.54, 1.807) is 13.4 Å². The second-order valence-corrected chi connectivity index (χ2v) is 10.0. The molecule has 1 N–H and O–H groups in total. The third-order valence-electron chi connectivity index (χ3n) is 7.18. The molecule has 38 heavy (non-hydrogen) atoms. The first-order valence-corrected chi connectivity index (χ1v) is 13.2. The van der Waals surface area contributed by atoms with Crippen LogP contribution in [0, 0.1) is 0 Å². The van der Waals surface area contributed by atoms with Gasteiger partial charge in [-0.2, -0.15) is 0 Å². The number of carbonyl (C=O) groups is 1. The molecule has 0 unspecified atom stereocenters. The van der Waals surface area contributed by atoms with Crippen LogP contribution in [0.3, 0.4) is 0 Å². The highest BCUT2D eigenvalue weighted by Crippen LogP contribution is 2.35. The molecular formula is C32H35N3O3. The minimum atomic E-state index is -0.161. The maximum atomic E-state index is 13.4. The lowest BCUT2D eigenvalue weighted by molar-refractivity contribution is 0.102. The van der Waals surface area contributed by atoms with Crippen LogP contribution in [-0.2, 0) is 6.54 Å². The Kier molecular flexibility index (Phi) is 7.80. The van der Waals surface area contributed by atoms with Crippen molar-refractivity contribution < 1.29 is 13.9 Å². The van der Waals surface area contributed by atoms with Crippen molar-refractivity contribution in [3.63, 3.8) is 0 Å². The number of amides is 1. The normalized spacial score (nSPS) is 14.1. The molecule has 1 aromatic heterocycles. The molecule has 1 saturated heterocycles. The van der Waals surface area contributed by atoms with Gasteiger partial charge in [-0.3, -0.25) is 9.69 Å². The molecule has 1 fully saturated rings. The Balaban J connectivity index is 1.26. The van der Waals surface area contributed by atoms with E-state index >= 15 is 0 Å². The summed E-state index contributed by atoms with van der Waals surface area (Å²) >= 11 is 0.